The van der Waals surface area contributed by atoms with Gasteiger partial charge in [0, 0.05) is 54.9 Å². The van der Waals surface area contributed by atoms with Crippen molar-refractivity contribution in [3.8, 4) is 0 Å². The molecule has 0 atom stereocenters. The van der Waals surface area contributed by atoms with Gasteiger partial charge in [0.1, 0.15) is 5.58 Å². The molecule has 5 heteroatoms. The molecular weight excluding hydrogens is 410 g/mol. The van der Waals surface area contributed by atoms with Gasteiger partial charge in [0.2, 0.25) is 0 Å². The normalized spacial score (nSPS) is 19.3. The highest BCUT2D eigenvalue weighted by Crippen LogP contribution is 2.26. The summed E-state index contributed by atoms with van der Waals surface area (Å²) in [5.41, 5.74) is 5.25. The molecule has 33 heavy (non-hydrogen) atoms. The Hall–Kier alpha value is -3.05. The van der Waals surface area contributed by atoms with Gasteiger partial charge in [-0.05, 0) is 75.7 Å². The predicted molar refractivity (Wildman–Crippen MR) is 138 cm³/mol. The second-order valence-corrected chi connectivity index (χ2v) is 9.16. The van der Waals surface area contributed by atoms with Crippen LogP contribution < -0.4 is 10.5 Å². The highest BCUT2D eigenvalue weighted by atomic mass is 16.4. The van der Waals surface area contributed by atoms with Gasteiger partial charge >= 0.3 is 5.63 Å². The molecule has 1 fully saturated rings. The molecule has 0 amide bonds. The molecule has 0 saturated carbocycles. The fourth-order valence-electron chi connectivity index (χ4n) is 4.37. The van der Waals surface area contributed by atoms with Crippen LogP contribution in [0.1, 0.15) is 45.6 Å². The third-order valence-corrected chi connectivity index (χ3v) is 6.36. The molecular formula is C28H35N3O2. The molecule has 2 aromatic rings. The maximum absolute atomic E-state index is 12.9. The van der Waals surface area contributed by atoms with Crippen LogP contribution in [0.4, 0.5) is 5.69 Å². The minimum atomic E-state index is -0.295. The van der Waals surface area contributed by atoms with E-state index < -0.39 is 0 Å². The quantitative estimate of drug-likeness (QED) is 0.548. The lowest BCUT2D eigenvalue weighted by atomic mass is 10.1. The van der Waals surface area contributed by atoms with Gasteiger partial charge in [-0.3, -0.25) is 0 Å². The molecule has 3 heterocycles. The van der Waals surface area contributed by atoms with Crippen molar-refractivity contribution >= 4 is 22.2 Å². The van der Waals surface area contributed by atoms with Crippen molar-refractivity contribution < 1.29 is 4.42 Å². The number of hydrogen-bond acceptors (Lipinski definition) is 5. The molecule has 2 aliphatic rings. The Morgan fingerprint density at radius 1 is 1.12 bits per heavy atom. The summed E-state index contributed by atoms with van der Waals surface area (Å²) in [6.07, 6.45) is 13.8. The number of unbranched alkanes of at least 4 members (excludes halogenated alkanes) is 1. The van der Waals surface area contributed by atoms with E-state index in [0.29, 0.717) is 11.1 Å². The number of hydrogen-bond donors (Lipinski definition) is 0. The van der Waals surface area contributed by atoms with E-state index in [9.17, 15) is 4.79 Å². The number of allylic oxidation sites excluding steroid dienone is 5. The summed E-state index contributed by atoms with van der Waals surface area (Å²) in [5, 5.41) is 0.944. The summed E-state index contributed by atoms with van der Waals surface area (Å²) in [6, 6.07) is 8.18. The zero-order valence-electron chi connectivity index (χ0n) is 20.3. The summed E-state index contributed by atoms with van der Waals surface area (Å²) in [4.78, 5) is 19.8. The lowest BCUT2D eigenvalue weighted by molar-refractivity contribution is 0.360. The first-order valence-electron chi connectivity index (χ1n) is 12.0. The summed E-state index contributed by atoms with van der Waals surface area (Å²) >= 11 is 0. The lowest BCUT2D eigenvalue weighted by Crippen LogP contribution is -2.28. The third kappa shape index (κ3) is 5.48. The molecule has 0 radical (unpaired) electrons. The first-order chi connectivity index (χ1) is 15.9. The van der Waals surface area contributed by atoms with Gasteiger partial charge in [-0.25, -0.2) is 4.79 Å². The Morgan fingerprint density at radius 2 is 1.97 bits per heavy atom. The average molecular weight is 446 g/mol. The Labute approximate surface area is 197 Å². The third-order valence-electron chi connectivity index (χ3n) is 6.36. The molecule has 0 aliphatic carbocycles. The average Bonchev–Trinajstić information content (AvgIpc) is 3.02. The molecule has 0 spiro atoms. The highest BCUT2D eigenvalue weighted by Gasteiger charge is 2.15. The van der Waals surface area contributed by atoms with Gasteiger partial charge in [-0.1, -0.05) is 25.5 Å². The second kappa shape index (κ2) is 10.3. The van der Waals surface area contributed by atoms with Crippen LogP contribution in [-0.4, -0.2) is 43.0 Å². The van der Waals surface area contributed by atoms with E-state index in [4.69, 9.17) is 4.42 Å². The molecule has 174 valence electrons. The maximum atomic E-state index is 12.9. The highest BCUT2D eigenvalue weighted by molar-refractivity contribution is 5.83. The van der Waals surface area contributed by atoms with Crippen LogP contribution >= 0.6 is 0 Å². The summed E-state index contributed by atoms with van der Waals surface area (Å²) in [5.74, 6) is 0. The summed E-state index contributed by atoms with van der Waals surface area (Å²) in [6.45, 7) is 10.4. The Balaban J connectivity index is 1.63. The zero-order valence-corrected chi connectivity index (χ0v) is 20.3. The Bertz CT molecular complexity index is 1190. The minimum absolute atomic E-state index is 0.295. The van der Waals surface area contributed by atoms with E-state index in [1.807, 2.05) is 25.3 Å². The van der Waals surface area contributed by atoms with Crippen LogP contribution in [-0.2, 0) is 0 Å². The van der Waals surface area contributed by atoms with E-state index in [-0.39, 0.29) is 5.63 Å². The van der Waals surface area contributed by atoms with E-state index in [0.717, 1.165) is 67.8 Å². The van der Waals surface area contributed by atoms with Crippen molar-refractivity contribution in [3.63, 3.8) is 0 Å². The van der Waals surface area contributed by atoms with Crippen molar-refractivity contribution in [2.24, 2.45) is 0 Å². The van der Waals surface area contributed by atoms with Crippen LogP contribution in [0.5, 0.6) is 0 Å². The lowest BCUT2D eigenvalue weighted by Gasteiger charge is -2.23. The summed E-state index contributed by atoms with van der Waals surface area (Å²) < 4.78 is 5.80. The van der Waals surface area contributed by atoms with Crippen molar-refractivity contribution in [1.29, 1.82) is 0 Å². The summed E-state index contributed by atoms with van der Waals surface area (Å²) in [7, 11) is 2.17. The molecule has 1 saturated heterocycles. The van der Waals surface area contributed by atoms with Gasteiger partial charge in [0.25, 0.3) is 0 Å². The number of anilines is 1. The van der Waals surface area contributed by atoms with Crippen LogP contribution in [0.15, 0.2) is 75.4 Å². The molecule has 0 bridgehead atoms. The van der Waals surface area contributed by atoms with Gasteiger partial charge in [0.15, 0.2) is 0 Å². The number of benzene rings is 1. The first-order valence-corrected chi connectivity index (χ1v) is 12.0. The van der Waals surface area contributed by atoms with Crippen molar-refractivity contribution in [2.75, 3.05) is 38.1 Å². The fraction of sp³-hybridized carbons (Fsp3) is 0.393. The van der Waals surface area contributed by atoms with Gasteiger partial charge in [-0.15, -0.1) is 0 Å². The molecule has 5 nitrogen and oxygen atoms in total. The molecule has 2 aliphatic heterocycles. The number of fused-ring (bicyclic) bond motifs is 1. The minimum Gasteiger partial charge on any atom is -0.422 e. The Kier molecular flexibility index (Phi) is 7.19. The number of rotatable bonds is 5. The van der Waals surface area contributed by atoms with E-state index in [1.54, 1.807) is 0 Å². The topological polar surface area (TPSA) is 39.9 Å². The van der Waals surface area contributed by atoms with Crippen LogP contribution in [0.2, 0.25) is 0 Å². The number of likely N-dealkylation sites (N-methyl/N-ethyl adjacent to an activating group) is 1. The predicted octanol–water partition coefficient (Wildman–Crippen LogP) is 5.76. The molecule has 0 unspecified atom stereocenters. The largest absolute Gasteiger partial charge is 0.422 e. The monoisotopic (exact) mass is 445 g/mol. The Morgan fingerprint density at radius 3 is 2.79 bits per heavy atom. The van der Waals surface area contributed by atoms with Gasteiger partial charge < -0.3 is 19.1 Å². The van der Waals surface area contributed by atoms with Gasteiger partial charge in [0.05, 0.1) is 5.56 Å². The molecule has 0 N–H and O–H groups in total. The van der Waals surface area contributed by atoms with Crippen molar-refractivity contribution in [3.05, 3.63) is 82.1 Å². The fourth-order valence-corrected chi connectivity index (χ4v) is 4.37. The van der Waals surface area contributed by atoms with Crippen molar-refractivity contribution in [1.82, 2.24) is 9.80 Å². The van der Waals surface area contributed by atoms with E-state index >= 15 is 0 Å². The second-order valence-electron chi connectivity index (χ2n) is 9.16. The molecule has 1 aromatic heterocycles. The smallest absolute Gasteiger partial charge is 0.343 e. The molecule has 4 rings (SSSR count). The van der Waals surface area contributed by atoms with Crippen LogP contribution in [0.3, 0.4) is 0 Å². The zero-order chi connectivity index (χ0) is 23.4. The maximum Gasteiger partial charge on any atom is 0.343 e. The van der Waals surface area contributed by atoms with Gasteiger partial charge in [-0.2, -0.15) is 0 Å². The number of nitrogens with zero attached hydrogens (tertiary/aromatic N) is 3. The van der Waals surface area contributed by atoms with Crippen LogP contribution in [0, 0.1) is 0 Å². The SMILES string of the molecule is CCC/C=C1\C=CC(C)=CN1/C=C(\C)c1cc2ccc(N3CCCN(C)CC3)cc2oc1=O. The van der Waals surface area contributed by atoms with Crippen LogP contribution in [0.25, 0.3) is 16.5 Å². The first kappa shape index (κ1) is 23.1. The standard InChI is InChI=1S/C28H35N3O2/c1-5-6-8-24-11-9-21(2)19-31(24)20-22(3)26-17-23-10-12-25(18-27(23)33-28(26)32)30-14-7-13-29(4)15-16-30/h8-12,17-20H,5-7,13-16H2,1-4H3/b22-20+,24-8+. The molecule has 1 aromatic carbocycles. The van der Waals surface area contributed by atoms with Crippen molar-refractivity contribution in [2.45, 2.75) is 40.0 Å². The van der Waals surface area contributed by atoms with E-state index in [1.165, 1.54) is 5.57 Å². The van der Waals surface area contributed by atoms with E-state index in [2.05, 4.69) is 72.2 Å².